The number of nitrogens with zero attached hydrogens (tertiary/aromatic N) is 1. The van der Waals surface area contributed by atoms with Gasteiger partial charge in [0, 0.05) is 29.4 Å². The summed E-state index contributed by atoms with van der Waals surface area (Å²) in [6.07, 6.45) is 1.86. The second-order valence-electron chi connectivity index (χ2n) is 6.71. The Hall–Kier alpha value is -3.15. The molecule has 1 aliphatic heterocycles. The third-order valence-corrected chi connectivity index (χ3v) is 4.86. The van der Waals surface area contributed by atoms with Gasteiger partial charge in [0.1, 0.15) is 5.92 Å². The van der Waals surface area contributed by atoms with Gasteiger partial charge < -0.3 is 15.3 Å². The van der Waals surface area contributed by atoms with Gasteiger partial charge in [-0.2, -0.15) is 0 Å². The molecule has 0 saturated heterocycles. The first kappa shape index (κ1) is 16.3. The molecule has 1 atom stereocenters. The van der Waals surface area contributed by atoms with Crippen LogP contribution in [0.2, 0.25) is 0 Å². The number of fused-ring (bicyclic) bond motifs is 1. The van der Waals surface area contributed by atoms with Crippen LogP contribution in [0.15, 0.2) is 48.5 Å². The average Bonchev–Trinajstić information content (AvgIpc) is 3.42. The number of hydrogen-bond donors (Lipinski definition) is 2. The number of carbonyl (C=O) groups excluding carboxylic acids is 2. The highest BCUT2D eigenvalue weighted by Gasteiger charge is 2.36. The molecule has 0 bridgehead atoms. The zero-order valence-corrected chi connectivity index (χ0v) is 14.0. The van der Waals surface area contributed by atoms with E-state index in [0.29, 0.717) is 22.5 Å². The Morgan fingerprint density at radius 3 is 2.35 bits per heavy atom. The minimum Gasteiger partial charge on any atom is -0.481 e. The van der Waals surface area contributed by atoms with Crippen molar-refractivity contribution in [1.29, 1.82) is 0 Å². The zero-order chi connectivity index (χ0) is 18.3. The quantitative estimate of drug-likeness (QED) is 0.888. The molecule has 4 rings (SSSR count). The second kappa shape index (κ2) is 6.29. The third-order valence-electron chi connectivity index (χ3n) is 4.86. The molecular formula is C20H18N2O4. The summed E-state index contributed by atoms with van der Waals surface area (Å²) in [6.45, 7) is 0.119. The maximum Gasteiger partial charge on any atom is 0.312 e. The summed E-state index contributed by atoms with van der Waals surface area (Å²) in [5.74, 6) is -1.77. The molecule has 0 aromatic heterocycles. The molecule has 2 aliphatic rings. The summed E-state index contributed by atoms with van der Waals surface area (Å²) in [5, 5.41) is 12.3. The number of carboxylic acid groups (broad SMARTS) is 1. The Kier molecular flexibility index (Phi) is 3.95. The summed E-state index contributed by atoms with van der Waals surface area (Å²) in [5.41, 5.74) is 2.40. The lowest BCUT2D eigenvalue weighted by Crippen LogP contribution is -2.31. The number of amides is 2. The first-order valence-electron chi connectivity index (χ1n) is 8.59. The van der Waals surface area contributed by atoms with Crippen molar-refractivity contribution in [3.63, 3.8) is 0 Å². The SMILES string of the molecule is O=C(Nc1ccc(C(=O)N2CC(C(=O)O)c3ccccc32)cc1)C1CC1. The molecule has 0 spiro atoms. The lowest BCUT2D eigenvalue weighted by atomic mass is 10.0. The van der Waals surface area contributed by atoms with Gasteiger partial charge >= 0.3 is 5.97 Å². The molecule has 1 unspecified atom stereocenters. The molecule has 2 aromatic carbocycles. The summed E-state index contributed by atoms with van der Waals surface area (Å²) in [4.78, 5) is 37.7. The molecule has 0 radical (unpaired) electrons. The first-order valence-corrected chi connectivity index (χ1v) is 8.59. The lowest BCUT2D eigenvalue weighted by molar-refractivity contribution is -0.138. The van der Waals surface area contributed by atoms with E-state index in [9.17, 15) is 19.5 Å². The fourth-order valence-corrected chi connectivity index (χ4v) is 3.25. The van der Waals surface area contributed by atoms with E-state index >= 15 is 0 Å². The van der Waals surface area contributed by atoms with Crippen LogP contribution in [0.4, 0.5) is 11.4 Å². The predicted octanol–water partition coefficient (Wildman–Crippen LogP) is 2.86. The van der Waals surface area contributed by atoms with Gasteiger partial charge in [-0.3, -0.25) is 14.4 Å². The number of carbonyl (C=O) groups is 3. The Labute approximate surface area is 150 Å². The van der Waals surface area contributed by atoms with Gasteiger partial charge in [0.25, 0.3) is 5.91 Å². The molecule has 6 heteroatoms. The molecular weight excluding hydrogens is 332 g/mol. The summed E-state index contributed by atoms with van der Waals surface area (Å²) in [6, 6.07) is 13.8. The Bertz CT molecular complexity index is 887. The monoisotopic (exact) mass is 350 g/mol. The molecule has 1 heterocycles. The van der Waals surface area contributed by atoms with Gasteiger partial charge in [-0.25, -0.2) is 0 Å². The number of aliphatic carboxylic acids is 1. The highest BCUT2D eigenvalue weighted by Crippen LogP contribution is 2.37. The van der Waals surface area contributed by atoms with Crippen LogP contribution in [-0.2, 0) is 9.59 Å². The molecule has 2 aromatic rings. The molecule has 1 saturated carbocycles. The smallest absolute Gasteiger partial charge is 0.312 e. The van der Waals surface area contributed by atoms with Crippen molar-refractivity contribution in [2.24, 2.45) is 5.92 Å². The van der Waals surface area contributed by atoms with Gasteiger partial charge in [-0.1, -0.05) is 18.2 Å². The molecule has 1 aliphatic carbocycles. The second-order valence-corrected chi connectivity index (χ2v) is 6.71. The van der Waals surface area contributed by atoms with Crippen LogP contribution in [0.1, 0.15) is 34.7 Å². The van der Waals surface area contributed by atoms with E-state index in [4.69, 9.17) is 0 Å². The molecule has 2 N–H and O–H groups in total. The summed E-state index contributed by atoms with van der Waals surface area (Å²) < 4.78 is 0. The molecule has 6 nitrogen and oxygen atoms in total. The predicted molar refractivity (Wildman–Crippen MR) is 96.3 cm³/mol. The minimum atomic E-state index is -0.939. The summed E-state index contributed by atoms with van der Waals surface area (Å²) in [7, 11) is 0. The van der Waals surface area contributed by atoms with Crippen molar-refractivity contribution in [1.82, 2.24) is 0 Å². The van der Waals surface area contributed by atoms with Crippen molar-refractivity contribution in [2.75, 3.05) is 16.8 Å². The Morgan fingerprint density at radius 2 is 1.69 bits per heavy atom. The topological polar surface area (TPSA) is 86.7 Å². The highest BCUT2D eigenvalue weighted by atomic mass is 16.4. The minimum absolute atomic E-state index is 0.0156. The van der Waals surface area contributed by atoms with Crippen LogP contribution in [0.5, 0.6) is 0 Å². The third kappa shape index (κ3) is 2.94. The normalized spacial score (nSPS) is 18.3. The van der Waals surface area contributed by atoms with Crippen molar-refractivity contribution < 1.29 is 19.5 Å². The highest BCUT2D eigenvalue weighted by molar-refractivity contribution is 6.09. The van der Waals surface area contributed by atoms with E-state index in [1.807, 2.05) is 0 Å². The van der Waals surface area contributed by atoms with Gasteiger partial charge in [-0.05, 0) is 48.7 Å². The van der Waals surface area contributed by atoms with Gasteiger partial charge in [0.2, 0.25) is 5.91 Å². The maximum absolute atomic E-state index is 12.9. The van der Waals surface area contributed by atoms with Crippen LogP contribution in [0.3, 0.4) is 0 Å². The van der Waals surface area contributed by atoms with E-state index in [0.717, 1.165) is 12.8 Å². The number of benzene rings is 2. The Balaban J connectivity index is 1.54. The zero-order valence-electron chi connectivity index (χ0n) is 14.0. The van der Waals surface area contributed by atoms with Crippen LogP contribution < -0.4 is 10.2 Å². The van der Waals surface area contributed by atoms with Crippen LogP contribution in [-0.4, -0.2) is 29.4 Å². The number of nitrogens with one attached hydrogen (secondary N) is 1. The fraction of sp³-hybridized carbons (Fsp3) is 0.250. The maximum atomic E-state index is 12.9. The van der Waals surface area contributed by atoms with Crippen molar-refractivity contribution in [3.05, 3.63) is 59.7 Å². The lowest BCUT2D eigenvalue weighted by Gasteiger charge is -2.17. The molecule has 1 fully saturated rings. The van der Waals surface area contributed by atoms with Crippen LogP contribution in [0.25, 0.3) is 0 Å². The van der Waals surface area contributed by atoms with Crippen molar-refractivity contribution in [2.45, 2.75) is 18.8 Å². The van der Waals surface area contributed by atoms with Gasteiger partial charge in [0.15, 0.2) is 0 Å². The van der Waals surface area contributed by atoms with E-state index in [2.05, 4.69) is 5.32 Å². The summed E-state index contributed by atoms with van der Waals surface area (Å²) >= 11 is 0. The van der Waals surface area contributed by atoms with Crippen molar-refractivity contribution >= 4 is 29.2 Å². The molecule has 2 amide bonds. The Morgan fingerprint density at radius 1 is 1.00 bits per heavy atom. The number of hydrogen-bond acceptors (Lipinski definition) is 3. The van der Waals surface area contributed by atoms with Gasteiger partial charge in [0.05, 0.1) is 0 Å². The number of rotatable bonds is 4. The number of anilines is 2. The standard InChI is InChI=1S/C20H18N2O4/c23-18(12-5-6-12)21-14-9-7-13(8-10-14)19(24)22-11-16(20(25)26)15-3-1-2-4-17(15)22/h1-4,7-10,12,16H,5-6,11H2,(H,21,23)(H,25,26). The van der Waals surface area contributed by atoms with Crippen molar-refractivity contribution in [3.8, 4) is 0 Å². The first-order chi connectivity index (χ1) is 12.5. The van der Waals surface area contributed by atoms with Crippen LogP contribution in [0, 0.1) is 5.92 Å². The number of para-hydroxylation sites is 1. The fourth-order valence-electron chi connectivity index (χ4n) is 3.25. The van der Waals surface area contributed by atoms with E-state index in [1.54, 1.807) is 48.5 Å². The van der Waals surface area contributed by atoms with E-state index in [-0.39, 0.29) is 24.3 Å². The number of carboxylic acids is 1. The molecule has 132 valence electrons. The average molecular weight is 350 g/mol. The van der Waals surface area contributed by atoms with E-state index in [1.165, 1.54) is 4.90 Å². The molecule has 26 heavy (non-hydrogen) atoms. The van der Waals surface area contributed by atoms with Gasteiger partial charge in [-0.15, -0.1) is 0 Å². The largest absolute Gasteiger partial charge is 0.481 e. The van der Waals surface area contributed by atoms with Crippen LogP contribution >= 0.6 is 0 Å². The van der Waals surface area contributed by atoms with E-state index < -0.39 is 11.9 Å².